The Balaban J connectivity index is 2.17. The van der Waals surface area contributed by atoms with Crippen LogP contribution >= 0.6 is 0 Å². The van der Waals surface area contributed by atoms with E-state index in [0.717, 1.165) is 12.8 Å². The Bertz CT molecular complexity index is 555. The van der Waals surface area contributed by atoms with Crippen LogP contribution in [0.3, 0.4) is 0 Å². The molecule has 0 aromatic heterocycles. The van der Waals surface area contributed by atoms with Gasteiger partial charge in [-0.15, -0.1) is 0 Å². The number of hydrogen-bond acceptors (Lipinski definition) is 4. The average Bonchev–Trinajstić information content (AvgIpc) is 2.48. The largest absolute Gasteiger partial charge is 0.494 e. The average molecular weight is 312 g/mol. The lowest BCUT2D eigenvalue weighted by Gasteiger charge is -2.35. The van der Waals surface area contributed by atoms with Gasteiger partial charge in [-0.3, -0.25) is 0 Å². The van der Waals surface area contributed by atoms with E-state index in [-0.39, 0.29) is 6.04 Å². The molecule has 0 spiro atoms. The Morgan fingerprint density at radius 3 is 2.52 bits per heavy atom. The molecule has 1 saturated heterocycles. The van der Waals surface area contributed by atoms with Gasteiger partial charge in [-0.25, -0.2) is 8.42 Å². The normalized spacial score (nSPS) is 20.7. The summed E-state index contributed by atoms with van der Waals surface area (Å²) in [6.07, 6.45) is 1.95. The van der Waals surface area contributed by atoms with E-state index < -0.39 is 10.0 Å². The van der Waals surface area contributed by atoms with Gasteiger partial charge in [0.25, 0.3) is 0 Å². The molecule has 2 rings (SSSR count). The summed E-state index contributed by atoms with van der Waals surface area (Å²) in [5.41, 5.74) is 0. The molecule has 0 bridgehead atoms. The number of sulfonamides is 1. The van der Waals surface area contributed by atoms with Crippen molar-refractivity contribution in [2.24, 2.45) is 0 Å². The van der Waals surface area contributed by atoms with Crippen molar-refractivity contribution in [2.45, 2.75) is 30.7 Å². The standard InChI is InChI=1S/C15H24N2O3S/c1-4-20-14-7-9-15(10-8-14)21(18,19)17-11-5-6-13(12-17)16(2)3/h7-10,13H,4-6,11-12H2,1-3H3. The summed E-state index contributed by atoms with van der Waals surface area (Å²) in [7, 11) is 0.586. The molecule has 1 heterocycles. The Morgan fingerprint density at radius 1 is 1.29 bits per heavy atom. The van der Waals surface area contributed by atoms with Crippen molar-refractivity contribution in [1.29, 1.82) is 0 Å². The van der Waals surface area contributed by atoms with E-state index in [1.54, 1.807) is 28.6 Å². The van der Waals surface area contributed by atoms with Crippen molar-refractivity contribution in [2.75, 3.05) is 33.8 Å². The van der Waals surface area contributed by atoms with E-state index >= 15 is 0 Å². The van der Waals surface area contributed by atoms with Crippen LogP contribution in [0, 0.1) is 0 Å². The van der Waals surface area contributed by atoms with E-state index in [9.17, 15) is 8.42 Å². The van der Waals surface area contributed by atoms with Crippen LogP contribution in [0.15, 0.2) is 29.2 Å². The molecule has 5 nitrogen and oxygen atoms in total. The zero-order chi connectivity index (χ0) is 15.5. The molecule has 6 heteroatoms. The highest BCUT2D eigenvalue weighted by molar-refractivity contribution is 7.89. The molecule has 0 aliphatic carbocycles. The maximum Gasteiger partial charge on any atom is 0.243 e. The Morgan fingerprint density at radius 2 is 1.95 bits per heavy atom. The van der Waals surface area contributed by atoms with Crippen molar-refractivity contribution in [3.63, 3.8) is 0 Å². The molecule has 1 atom stereocenters. The van der Waals surface area contributed by atoms with E-state index in [2.05, 4.69) is 4.90 Å². The van der Waals surface area contributed by atoms with Crippen molar-refractivity contribution >= 4 is 10.0 Å². The molecular formula is C15H24N2O3S. The molecule has 0 amide bonds. The van der Waals surface area contributed by atoms with Gasteiger partial charge in [-0.05, 0) is 58.1 Å². The van der Waals surface area contributed by atoms with Crippen LogP contribution in [0.4, 0.5) is 0 Å². The SMILES string of the molecule is CCOc1ccc(S(=O)(=O)N2CCCC(N(C)C)C2)cc1. The highest BCUT2D eigenvalue weighted by Gasteiger charge is 2.30. The van der Waals surface area contributed by atoms with Crippen LogP contribution in [0.1, 0.15) is 19.8 Å². The van der Waals surface area contributed by atoms with Gasteiger partial charge in [-0.2, -0.15) is 4.31 Å². The first-order valence-corrected chi connectivity index (χ1v) is 8.78. The molecule has 1 aromatic rings. The Hall–Kier alpha value is -1.11. The second-order valence-electron chi connectivity index (χ2n) is 5.53. The number of nitrogens with zero attached hydrogens (tertiary/aromatic N) is 2. The highest BCUT2D eigenvalue weighted by atomic mass is 32.2. The van der Waals surface area contributed by atoms with Gasteiger partial charge < -0.3 is 9.64 Å². The summed E-state index contributed by atoms with van der Waals surface area (Å²) in [5.74, 6) is 0.696. The molecule has 1 aromatic carbocycles. The Labute approximate surface area is 127 Å². The summed E-state index contributed by atoms with van der Waals surface area (Å²) >= 11 is 0. The molecule has 0 N–H and O–H groups in total. The molecule has 1 unspecified atom stereocenters. The minimum atomic E-state index is -3.41. The van der Waals surface area contributed by atoms with Gasteiger partial charge in [0, 0.05) is 19.1 Å². The van der Waals surface area contributed by atoms with Gasteiger partial charge in [0.1, 0.15) is 5.75 Å². The molecular weight excluding hydrogens is 288 g/mol. The minimum absolute atomic E-state index is 0.288. The summed E-state index contributed by atoms with van der Waals surface area (Å²) in [6, 6.07) is 6.96. The third kappa shape index (κ3) is 3.75. The van der Waals surface area contributed by atoms with Gasteiger partial charge in [-0.1, -0.05) is 0 Å². The number of rotatable bonds is 5. The van der Waals surface area contributed by atoms with Gasteiger partial charge >= 0.3 is 0 Å². The summed E-state index contributed by atoms with van der Waals surface area (Å²) in [5, 5.41) is 0. The molecule has 0 radical (unpaired) electrons. The van der Waals surface area contributed by atoms with Crippen LogP contribution in [-0.4, -0.2) is 57.5 Å². The van der Waals surface area contributed by atoms with Crippen LogP contribution in [0.25, 0.3) is 0 Å². The summed E-state index contributed by atoms with van der Waals surface area (Å²) in [6.45, 7) is 3.63. The van der Waals surface area contributed by atoms with Crippen molar-refractivity contribution in [1.82, 2.24) is 9.21 Å². The summed E-state index contributed by atoms with van der Waals surface area (Å²) < 4.78 is 32.3. The fraction of sp³-hybridized carbons (Fsp3) is 0.600. The zero-order valence-electron chi connectivity index (χ0n) is 12.9. The molecule has 118 valence electrons. The lowest BCUT2D eigenvalue weighted by Crippen LogP contribution is -2.47. The quantitative estimate of drug-likeness (QED) is 0.832. The first kappa shape index (κ1) is 16.3. The second kappa shape index (κ2) is 6.77. The monoisotopic (exact) mass is 312 g/mol. The minimum Gasteiger partial charge on any atom is -0.494 e. The van der Waals surface area contributed by atoms with Crippen molar-refractivity contribution < 1.29 is 13.2 Å². The molecule has 21 heavy (non-hydrogen) atoms. The maximum atomic E-state index is 12.7. The number of benzene rings is 1. The predicted octanol–water partition coefficient (Wildman–Crippen LogP) is 1.80. The molecule has 1 aliphatic heterocycles. The number of likely N-dealkylation sites (N-methyl/N-ethyl adjacent to an activating group) is 1. The first-order valence-electron chi connectivity index (χ1n) is 7.34. The molecule has 1 aliphatic rings. The van der Waals surface area contributed by atoms with E-state index in [1.807, 2.05) is 21.0 Å². The van der Waals surface area contributed by atoms with Crippen molar-refractivity contribution in [3.05, 3.63) is 24.3 Å². The van der Waals surface area contributed by atoms with E-state index in [4.69, 9.17) is 4.74 Å². The number of ether oxygens (including phenoxy) is 1. The third-order valence-electron chi connectivity index (χ3n) is 3.86. The predicted molar refractivity (Wildman–Crippen MR) is 83.1 cm³/mol. The fourth-order valence-electron chi connectivity index (χ4n) is 2.58. The smallest absolute Gasteiger partial charge is 0.243 e. The van der Waals surface area contributed by atoms with E-state index in [1.165, 1.54) is 0 Å². The van der Waals surface area contributed by atoms with Gasteiger partial charge in [0.05, 0.1) is 11.5 Å². The third-order valence-corrected chi connectivity index (χ3v) is 5.74. The summed E-state index contributed by atoms with van der Waals surface area (Å²) in [4.78, 5) is 2.44. The molecule has 0 saturated carbocycles. The number of hydrogen-bond donors (Lipinski definition) is 0. The van der Waals surface area contributed by atoms with Crippen molar-refractivity contribution in [3.8, 4) is 5.75 Å². The maximum absolute atomic E-state index is 12.7. The first-order chi connectivity index (χ1) is 9.95. The Kier molecular flexibility index (Phi) is 5.24. The zero-order valence-corrected chi connectivity index (χ0v) is 13.8. The highest BCUT2D eigenvalue weighted by Crippen LogP contribution is 2.23. The van der Waals surface area contributed by atoms with Crippen LogP contribution in [0.2, 0.25) is 0 Å². The second-order valence-corrected chi connectivity index (χ2v) is 7.47. The van der Waals surface area contributed by atoms with Gasteiger partial charge in [0.2, 0.25) is 10.0 Å². The van der Waals surface area contributed by atoms with E-state index in [0.29, 0.717) is 30.3 Å². The van der Waals surface area contributed by atoms with Gasteiger partial charge in [0.15, 0.2) is 0 Å². The number of piperidine rings is 1. The topological polar surface area (TPSA) is 49.9 Å². The lowest BCUT2D eigenvalue weighted by molar-refractivity contribution is 0.190. The van der Waals surface area contributed by atoms with Crippen LogP contribution in [0.5, 0.6) is 5.75 Å². The molecule has 1 fully saturated rings. The fourth-order valence-corrected chi connectivity index (χ4v) is 4.10. The van der Waals surface area contributed by atoms with Crippen LogP contribution < -0.4 is 4.74 Å². The lowest BCUT2D eigenvalue weighted by atomic mass is 10.1. The van der Waals surface area contributed by atoms with Crippen LogP contribution in [-0.2, 0) is 10.0 Å².